The Morgan fingerprint density at radius 1 is 1.52 bits per heavy atom. The Labute approximate surface area is 126 Å². The van der Waals surface area contributed by atoms with Gasteiger partial charge < -0.3 is 14.9 Å². The van der Waals surface area contributed by atoms with Gasteiger partial charge in [-0.25, -0.2) is 0 Å². The largest absolute Gasteiger partial charge is 0.392 e. The summed E-state index contributed by atoms with van der Waals surface area (Å²) < 4.78 is 5.22. The minimum Gasteiger partial charge on any atom is -0.392 e. The zero-order valence-corrected chi connectivity index (χ0v) is 12.2. The van der Waals surface area contributed by atoms with Crippen molar-refractivity contribution in [1.82, 2.24) is 10.5 Å². The van der Waals surface area contributed by atoms with Crippen LogP contribution in [-0.4, -0.2) is 16.2 Å². The molecule has 0 aliphatic heterocycles. The molecule has 1 aliphatic rings. The number of aliphatic hydroxyl groups excluding tert-OH is 1. The number of aromatic nitrogens is 1. The number of nitrogens with one attached hydrogen (secondary N) is 1. The van der Waals surface area contributed by atoms with Gasteiger partial charge in [-0.05, 0) is 35.9 Å². The summed E-state index contributed by atoms with van der Waals surface area (Å²) in [6, 6.07) is 3.77. The highest BCUT2D eigenvalue weighted by Gasteiger charge is 2.27. The fourth-order valence-corrected chi connectivity index (χ4v) is 2.73. The summed E-state index contributed by atoms with van der Waals surface area (Å²) in [5.41, 5.74) is 1.60. The van der Waals surface area contributed by atoms with Crippen LogP contribution in [-0.2, 0) is 17.9 Å². The van der Waals surface area contributed by atoms with Crippen molar-refractivity contribution in [3.63, 3.8) is 0 Å². The van der Waals surface area contributed by atoms with E-state index in [1.807, 2.05) is 17.5 Å². The Bertz CT molecular complexity index is 655. The number of hydrogen-bond donors (Lipinski definition) is 2. The average molecular weight is 304 g/mol. The third-order valence-electron chi connectivity index (χ3n) is 3.26. The number of aliphatic hydroxyl groups is 1. The summed E-state index contributed by atoms with van der Waals surface area (Å²) in [5.74, 6) is 1.27. The fraction of sp³-hybridized carbons (Fsp3) is 0.333. The first kappa shape index (κ1) is 14.0. The molecule has 5 nitrogen and oxygen atoms in total. The smallest absolute Gasteiger partial charge is 0.244 e. The second-order valence-corrected chi connectivity index (χ2v) is 6.00. The molecular weight excluding hydrogens is 288 g/mol. The molecule has 110 valence electrons. The highest BCUT2D eigenvalue weighted by atomic mass is 32.1. The summed E-state index contributed by atoms with van der Waals surface area (Å²) in [5, 5.41) is 17.6. The SMILES string of the molecule is O=C(C=Cc1cc(CO)cs1)NCc1cc(C2CC2)on1. The Morgan fingerprint density at radius 2 is 2.38 bits per heavy atom. The van der Waals surface area contributed by atoms with Crippen LogP contribution in [0.25, 0.3) is 6.08 Å². The third-order valence-corrected chi connectivity index (χ3v) is 4.20. The molecule has 1 fully saturated rings. The highest BCUT2D eigenvalue weighted by Crippen LogP contribution is 2.40. The normalized spacial score (nSPS) is 14.7. The molecule has 2 aromatic rings. The van der Waals surface area contributed by atoms with Gasteiger partial charge in [-0.2, -0.15) is 0 Å². The molecule has 1 saturated carbocycles. The van der Waals surface area contributed by atoms with Crippen LogP contribution in [0, 0.1) is 0 Å². The molecule has 0 bridgehead atoms. The van der Waals surface area contributed by atoms with Crippen molar-refractivity contribution in [2.75, 3.05) is 0 Å². The van der Waals surface area contributed by atoms with Crippen molar-refractivity contribution >= 4 is 23.3 Å². The van der Waals surface area contributed by atoms with Crippen molar-refractivity contribution in [3.05, 3.63) is 45.5 Å². The van der Waals surface area contributed by atoms with Crippen LogP contribution in [0.2, 0.25) is 0 Å². The van der Waals surface area contributed by atoms with Gasteiger partial charge in [0, 0.05) is 22.9 Å². The quantitative estimate of drug-likeness (QED) is 0.804. The highest BCUT2D eigenvalue weighted by molar-refractivity contribution is 7.11. The van der Waals surface area contributed by atoms with Gasteiger partial charge in [-0.3, -0.25) is 4.79 Å². The number of rotatable bonds is 6. The second-order valence-electron chi connectivity index (χ2n) is 5.06. The molecule has 21 heavy (non-hydrogen) atoms. The van der Waals surface area contributed by atoms with Crippen LogP contribution >= 0.6 is 11.3 Å². The Kier molecular flexibility index (Phi) is 4.17. The van der Waals surface area contributed by atoms with E-state index >= 15 is 0 Å². The van der Waals surface area contributed by atoms with Gasteiger partial charge >= 0.3 is 0 Å². The molecule has 0 atom stereocenters. The first-order valence-corrected chi connectivity index (χ1v) is 7.72. The number of thiophene rings is 1. The minimum absolute atomic E-state index is 0.0199. The Hall–Kier alpha value is -1.92. The molecule has 2 N–H and O–H groups in total. The predicted molar refractivity (Wildman–Crippen MR) is 79.6 cm³/mol. The van der Waals surface area contributed by atoms with Crippen LogP contribution in [0.4, 0.5) is 0 Å². The minimum atomic E-state index is -0.176. The van der Waals surface area contributed by atoms with Crippen molar-refractivity contribution in [3.8, 4) is 0 Å². The molecule has 2 heterocycles. The maximum atomic E-state index is 11.7. The van der Waals surface area contributed by atoms with E-state index in [1.165, 1.54) is 30.3 Å². The lowest BCUT2D eigenvalue weighted by Gasteiger charge is -1.96. The van der Waals surface area contributed by atoms with Gasteiger partial charge in [-0.15, -0.1) is 11.3 Å². The number of amides is 1. The second kappa shape index (κ2) is 6.24. The van der Waals surface area contributed by atoms with Gasteiger partial charge in [0.1, 0.15) is 11.5 Å². The molecule has 6 heteroatoms. The average Bonchev–Trinajstić information content (AvgIpc) is 3.06. The third kappa shape index (κ3) is 3.80. The monoisotopic (exact) mass is 304 g/mol. The van der Waals surface area contributed by atoms with Crippen LogP contribution in [0.5, 0.6) is 0 Å². The lowest BCUT2D eigenvalue weighted by atomic mass is 10.3. The van der Waals surface area contributed by atoms with Crippen LogP contribution in [0.1, 0.15) is 40.7 Å². The van der Waals surface area contributed by atoms with Crippen molar-refractivity contribution in [1.29, 1.82) is 0 Å². The van der Waals surface area contributed by atoms with Gasteiger partial charge in [0.2, 0.25) is 5.91 Å². The fourth-order valence-electron chi connectivity index (χ4n) is 1.93. The van der Waals surface area contributed by atoms with Gasteiger partial charge in [0.25, 0.3) is 0 Å². The number of carbonyl (C=O) groups excluding carboxylic acids is 1. The lowest BCUT2D eigenvalue weighted by Crippen LogP contribution is -2.20. The van der Waals surface area contributed by atoms with E-state index in [0.29, 0.717) is 12.5 Å². The van der Waals surface area contributed by atoms with E-state index in [4.69, 9.17) is 9.63 Å². The van der Waals surface area contributed by atoms with Crippen molar-refractivity contribution in [2.45, 2.75) is 31.9 Å². The first-order valence-electron chi connectivity index (χ1n) is 6.84. The molecule has 0 spiro atoms. The van der Waals surface area contributed by atoms with Crippen molar-refractivity contribution in [2.24, 2.45) is 0 Å². The molecule has 0 radical (unpaired) electrons. The molecule has 0 aromatic carbocycles. The molecule has 0 unspecified atom stereocenters. The molecular formula is C15H16N2O3S. The predicted octanol–water partition coefficient (Wildman–Crippen LogP) is 2.44. The maximum Gasteiger partial charge on any atom is 0.244 e. The molecule has 3 rings (SSSR count). The molecule has 1 amide bonds. The van der Waals surface area contributed by atoms with E-state index < -0.39 is 0 Å². The topological polar surface area (TPSA) is 75.4 Å². The molecule has 2 aromatic heterocycles. The van der Waals surface area contributed by atoms with E-state index in [9.17, 15) is 4.79 Å². The molecule has 1 aliphatic carbocycles. The summed E-state index contributed by atoms with van der Waals surface area (Å²) in [6.07, 6.45) is 5.55. The first-order chi connectivity index (χ1) is 10.2. The summed E-state index contributed by atoms with van der Waals surface area (Å²) in [6.45, 7) is 0.387. The summed E-state index contributed by atoms with van der Waals surface area (Å²) in [4.78, 5) is 12.7. The van der Waals surface area contributed by atoms with Crippen molar-refractivity contribution < 1.29 is 14.4 Å². The lowest BCUT2D eigenvalue weighted by molar-refractivity contribution is -0.116. The zero-order chi connectivity index (χ0) is 14.7. The number of hydrogen-bond acceptors (Lipinski definition) is 5. The van der Waals surface area contributed by atoms with Crippen LogP contribution < -0.4 is 5.32 Å². The maximum absolute atomic E-state index is 11.7. The van der Waals surface area contributed by atoms with Gasteiger partial charge in [0.05, 0.1) is 13.2 Å². The van der Waals surface area contributed by atoms with E-state index in [-0.39, 0.29) is 12.5 Å². The summed E-state index contributed by atoms with van der Waals surface area (Å²) in [7, 11) is 0. The van der Waals surface area contributed by atoms with Gasteiger partial charge in [-0.1, -0.05) is 5.16 Å². The van der Waals surface area contributed by atoms with Crippen LogP contribution in [0.15, 0.2) is 28.1 Å². The van der Waals surface area contributed by atoms with Gasteiger partial charge in [0.15, 0.2) is 0 Å². The molecule has 0 saturated heterocycles. The number of carbonyl (C=O) groups is 1. The Morgan fingerprint density at radius 3 is 3.10 bits per heavy atom. The van der Waals surface area contributed by atoms with E-state index in [2.05, 4.69) is 10.5 Å². The Balaban J connectivity index is 1.48. The van der Waals surface area contributed by atoms with E-state index in [1.54, 1.807) is 6.08 Å². The van der Waals surface area contributed by atoms with E-state index in [0.717, 1.165) is 21.9 Å². The number of nitrogens with zero attached hydrogens (tertiary/aromatic N) is 1. The zero-order valence-electron chi connectivity index (χ0n) is 11.4. The van der Waals surface area contributed by atoms with Crippen LogP contribution in [0.3, 0.4) is 0 Å². The summed E-state index contributed by atoms with van der Waals surface area (Å²) >= 11 is 1.49. The standard InChI is InChI=1S/C15H16N2O3S/c18-8-10-5-13(21-9-10)3-4-15(19)16-7-12-6-14(20-17-12)11-1-2-11/h3-6,9,11,18H,1-2,7-8H2,(H,16,19).